The zero-order valence-electron chi connectivity index (χ0n) is 7.90. The molecule has 0 aliphatic rings. The molecule has 0 bridgehead atoms. The maximum atomic E-state index is 11.2. The summed E-state index contributed by atoms with van der Waals surface area (Å²) in [5.74, 6) is -0.550. The summed E-state index contributed by atoms with van der Waals surface area (Å²) in [6.07, 6.45) is -0.958. The first-order valence-electron chi connectivity index (χ1n) is 4.23. The molecule has 0 fully saturated rings. The van der Waals surface area contributed by atoms with Crippen molar-refractivity contribution in [3.05, 3.63) is 34.5 Å². The Labute approximate surface area is 86.6 Å². The smallest absolute Gasteiger partial charge is 0.336 e. The minimum Gasteiger partial charge on any atom is -0.463 e. The van der Waals surface area contributed by atoms with Gasteiger partial charge in [-0.05, 0) is 29.3 Å². The summed E-state index contributed by atoms with van der Waals surface area (Å²) in [5, 5.41) is 13.3. The lowest BCUT2D eigenvalue weighted by Crippen LogP contribution is -2.13. The van der Waals surface area contributed by atoms with Crippen LogP contribution in [0.4, 0.5) is 0 Å². The van der Waals surface area contributed by atoms with Gasteiger partial charge >= 0.3 is 5.97 Å². The van der Waals surface area contributed by atoms with Gasteiger partial charge in [-0.25, -0.2) is 4.79 Å². The van der Waals surface area contributed by atoms with E-state index < -0.39 is 12.1 Å². The highest BCUT2D eigenvalue weighted by Crippen LogP contribution is 2.23. The van der Waals surface area contributed by atoms with Crippen molar-refractivity contribution in [1.29, 1.82) is 0 Å². The van der Waals surface area contributed by atoms with E-state index in [-0.39, 0.29) is 12.2 Å². The van der Waals surface area contributed by atoms with Gasteiger partial charge in [0.15, 0.2) is 0 Å². The van der Waals surface area contributed by atoms with Crippen LogP contribution in [-0.2, 0) is 9.53 Å². The van der Waals surface area contributed by atoms with E-state index in [1.807, 2.05) is 5.38 Å². The van der Waals surface area contributed by atoms with E-state index in [4.69, 9.17) is 4.74 Å². The van der Waals surface area contributed by atoms with Gasteiger partial charge in [0.25, 0.3) is 0 Å². The van der Waals surface area contributed by atoms with Crippen LogP contribution in [0.5, 0.6) is 0 Å². The summed E-state index contributed by atoms with van der Waals surface area (Å²) in [6, 6.07) is 1.75. The minimum absolute atomic E-state index is 0.0743. The van der Waals surface area contributed by atoms with Crippen LogP contribution in [0.15, 0.2) is 29.0 Å². The van der Waals surface area contributed by atoms with E-state index in [1.54, 1.807) is 18.4 Å². The minimum atomic E-state index is -0.958. The molecule has 14 heavy (non-hydrogen) atoms. The van der Waals surface area contributed by atoms with E-state index in [2.05, 4.69) is 6.58 Å². The second kappa shape index (κ2) is 4.93. The van der Waals surface area contributed by atoms with E-state index in [0.717, 1.165) is 0 Å². The molecule has 76 valence electrons. The molecule has 0 saturated carbocycles. The summed E-state index contributed by atoms with van der Waals surface area (Å²) in [6.45, 7) is 5.51. The third-order valence-electron chi connectivity index (χ3n) is 1.73. The Hall–Kier alpha value is -1.13. The summed E-state index contributed by atoms with van der Waals surface area (Å²) in [7, 11) is 0. The topological polar surface area (TPSA) is 46.5 Å². The average molecular weight is 212 g/mol. The highest BCUT2D eigenvalue weighted by molar-refractivity contribution is 7.08. The number of carbonyl (C=O) groups excluding carboxylic acids is 1. The Bertz CT molecular complexity index is 316. The van der Waals surface area contributed by atoms with Crippen molar-refractivity contribution in [2.45, 2.75) is 13.0 Å². The van der Waals surface area contributed by atoms with Gasteiger partial charge in [-0.1, -0.05) is 6.58 Å². The third-order valence-corrected chi connectivity index (χ3v) is 2.43. The molecule has 3 nitrogen and oxygen atoms in total. The van der Waals surface area contributed by atoms with Crippen LogP contribution in [0.25, 0.3) is 0 Å². The summed E-state index contributed by atoms with van der Waals surface area (Å²) < 4.78 is 4.73. The highest BCUT2D eigenvalue weighted by Gasteiger charge is 2.19. The van der Waals surface area contributed by atoms with Gasteiger partial charge in [-0.15, -0.1) is 0 Å². The van der Waals surface area contributed by atoms with Crippen LogP contribution in [0.1, 0.15) is 18.6 Å². The number of thiophene rings is 1. The molecular formula is C10H12O3S. The fourth-order valence-electron chi connectivity index (χ4n) is 0.967. The monoisotopic (exact) mass is 212 g/mol. The Kier molecular flexibility index (Phi) is 3.85. The fraction of sp³-hybridized carbons (Fsp3) is 0.300. The predicted octanol–water partition coefficient (Wildman–Crippen LogP) is 1.90. The van der Waals surface area contributed by atoms with E-state index in [9.17, 15) is 9.90 Å². The summed E-state index contributed by atoms with van der Waals surface area (Å²) in [5.41, 5.74) is 0.748. The molecule has 1 rings (SSSR count). The standard InChI is InChI=1S/C10H12O3S/c1-3-13-10(12)7(2)9(11)8-4-5-14-6-8/h4-6,9,11H,2-3H2,1H3/t9-/m0/s1. The van der Waals surface area contributed by atoms with Crippen molar-refractivity contribution in [2.24, 2.45) is 0 Å². The van der Waals surface area contributed by atoms with Gasteiger partial charge in [0, 0.05) is 0 Å². The fourth-order valence-corrected chi connectivity index (χ4v) is 1.65. The summed E-state index contributed by atoms with van der Waals surface area (Å²) in [4.78, 5) is 11.2. The lowest BCUT2D eigenvalue weighted by molar-refractivity contribution is -0.139. The Balaban J connectivity index is 2.66. The van der Waals surface area contributed by atoms with Crippen molar-refractivity contribution in [3.63, 3.8) is 0 Å². The van der Waals surface area contributed by atoms with E-state index >= 15 is 0 Å². The quantitative estimate of drug-likeness (QED) is 0.612. The van der Waals surface area contributed by atoms with Crippen molar-refractivity contribution in [2.75, 3.05) is 6.61 Å². The predicted molar refractivity (Wildman–Crippen MR) is 55.1 cm³/mol. The molecule has 0 aliphatic heterocycles. The molecule has 0 aliphatic carbocycles. The SMILES string of the molecule is C=C(C(=O)OCC)[C@H](O)c1ccsc1. The van der Waals surface area contributed by atoms with E-state index in [0.29, 0.717) is 5.56 Å². The zero-order chi connectivity index (χ0) is 10.6. The lowest BCUT2D eigenvalue weighted by Gasteiger charge is -2.10. The first kappa shape index (κ1) is 10.9. The molecule has 1 aromatic heterocycles. The van der Waals surface area contributed by atoms with Crippen LogP contribution in [0.3, 0.4) is 0 Å². The zero-order valence-corrected chi connectivity index (χ0v) is 8.71. The normalized spacial score (nSPS) is 12.1. The molecule has 1 atom stereocenters. The number of esters is 1. The molecule has 1 aromatic rings. The van der Waals surface area contributed by atoms with Crippen molar-refractivity contribution in [3.8, 4) is 0 Å². The number of aliphatic hydroxyl groups is 1. The Morgan fingerprint density at radius 1 is 1.79 bits per heavy atom. The van der Waals surface area contributed by atoms with Gasteiger partial charge < -0.3 is 9.84 Å². The largest absolute Gasteiger partial charge is 0.463 e. The van der Waals surface area contributed by atoms with Crippen LogP contribution in [0.2, 0.25) is 0 Å². The number of hydrogen-bond donors (Lipinski definition) is 1. The molecule has 4 heteroatoms. The highest BCUT2D eigenvalue weighted by atomic mass is 32.1. The maximum Gasteiger partial charge on any atom is 0.336 e. The van der Waals surface area contributed by atoms with Crippen LogP contribution in [-0.4, -0.2) is 17.7 Å². The molecule has 1 heterocycles. The van der Waals surface area contributed by atoms with Crippen LogP contribution < -0.4 is 0 Å². The first-order chi connectivity index (χ1) is 6.66. The van der Waals surface area contributed by atoms with Crippen molar-refractivity contribution in [1.82, 2.24) is 0 Å². The van der Waals surface area contributed by atoms with Crippen LogP contribution >= 0.6 is 11.3 Å². The van der Waals surface area contributed by atoms with Gasteiger partial charge in [-0.3, -0.25) is 0 Å². The number of carbonyl (C=O) groups is 1. The summed E-state index contributed by atoms with van der Waals surface area (Å²) >= 11 is 1.46. The molecular weight excluding hydrogens is 200 g/mol. The second-order valence-corrected chi connectivity index (χ2v) is 3.48. The van der Waals surface area contributed by atoms with Crippen LogP contribution in [0, 0.1) is 0 Å². The van der Waals surface area contributed by atoms with Gasteiger partial charge in [0.1, 0.15) is 6.10 Å². The number of ether oxygens (including phenoxy) is 1. The van der Waals surface area contributed by atoms with E-state index in [1.165, 1.54) is 11.3 Å². The Morgan fingerprint density at radius 2 is 2.50 bits per heavy atom. The van der Waals surface area contributed by atoms with Crippen molar-refractivity contribution < 1.29 is 14.6 Å². The second-order valence-electron chi connectivity index (χ2n) is 2.70. The number of hydrogen-bond acceptors (Lipinski definition) is 4. The van der Waals surface area contributed by atoms with Gasteiger partial charge in [-0.2, -0.15) is 11.3 Å². The maximum absolute atomic E-state index is 11.2. The first-order valence-corrected chi connectivity index (χ1v) is 5.17. The van der Waals surface area contributed by atoms with Gasteiger partial charge in [0.05, 0.1) is 12.2 Å². The molecule has 0 aromatic carbocycles. The molecule has 0 radical (unpaired) electrons. The Morgan fingerprint density at radius 3 is 3.00 bits per heavy atom. The third kappa shape index (κ3) is 2.43. The molecule has 0 spiro atoms. The number of rotatable bonds is 4. The number of aliphatic hydroxyl groups excluding tert-OH is 1. The average Bonchev–Trinajstić information content (AvgIpc) is 2.68. The van der Waals surface area contributed by atoms with Gasteiger partial charge in [0.2, 0.25) is 0 Å². The van der Waals surface area contributed by atoms with Crippen molar-refractivity contribution >= 4 is 17.3 Å². The molecule has 0 saturated heterocycles. The molecule has 0 unspecified atom stereocenters. The molecule has 1 N–H and O–H groups in total. The molecule has 0 amide bonds. The lowest BCUT2D eigenvalue weighted by atomic mass is 10.1.